The molecule has 96 valence electrons. The van der Waals surface area contributed by atoms with E-state index < -0.39 is 17.2 Å². The lowest BCUT2D eigenvalue weighted by molar-refractivity contribution is -0.0168. The van der Waals surface area contributed by atoms with E-state index >= 15 is 0 Å². The van der Waals surface area contributed by atoms with E-state index in [2.05, 4.69) is 6.07 Å². The molecule has 0 aliphatic carbocycles. The third-order valence-electron chi connectivity index (χ3n) is 2.84. The lowest BCUT2D eigenvalue weighted by Crippen LogP contribution is -2.53. The first kappa shape index (κ1) is 13.8. The van der Waals surface area contributed by atoms with Crippen molar-refractivity contribution >= 4 is 6.09 Å². The first-order chi connectivity index (χ1) is 7.81. The Morgan fingerprint density at radius 1 is 1.41 bits per heavy atom. The average Bonchev–Trinajstić information content (AvgIpc) is 2.26. The summed E-state index contributed by atoms with van der Waals surface area (Å²) in [5, 5.41) is 9.30. The van der Waals surface area contributed by atoms with Crippen LogP contribution in [0.1, 0.15) is 33.6 Å². The minimum Gasteiger partial charge on any atom is -0.444 e. The Kier molecular flexibility index (Phi) is 3.99. The highest BCUT2D eigenvalue weighted by Crippen LogP contribution is 2.27. The van der Waals surface area contributed by atoms with Gasteiger partial charge in [0.15, 0.2) is 0 Å². The number of rotatable bonds is 1. The van der Waals surface area contributed by atoms with Gasteiger partial charge in [-0.05, 0) is 20.8 Å². The molecular weight excluding hydrogens is 220 g/mol. The molecule has 0 atom stereocenters. The van der Waals surface area contributed by atoms with E-state index in [0.29, 0.717) is 26.1 Å². The number of ether oxygens (including phenoxy) is 2. The molecule has 0 spiro atoms. The van der Waals surface area contributed by atoms with Gasteiger partial charge in [0, 0.05) is 33.1 Å². The molecule has 0 saturated carbocycles. The molecule has 0 aromatic carbocycles. The zero-order valence-electron chi connectivity index (χ0n) is 10.9. The molecule has 1 fully saturated rings. The van der Waals surface area contributed by atoms with E-state index in [9.17, 15) is 10.1 Å². The van der Waals surface area contributed by atoms with Crippen LogP contribution in [0.25, 0.3) is 0 Å². The van der Waals surface area contributed by atoms with Crippen molar-refractivity contribution < 1.29 is 14.3 Å². The Balaban J connectivity index is 2.76. The number of nitriles is 1. The number of hydrogen-bond donors (Lipinski definition) is 0. The zero-order chi connectivity index (χ0) is 13.1. The van der Waals surface area contributed by atoms with Crippen LogP contribution in [-0.4, -0.2) is 42.4 Å². The van der Waals surface area contributed by atoms with Gasteiger partial charge in [-0.15, -0.1) is 0 Å². The number of carbonyl (C=O) groups is 1. The van der Waals surface area contributed by atoms with Crippen molar-refractivity contribution in [2.24, 2.45) is 0 Å². The molecule has 1 rings (SSSR count). The van der Waals surface area contributed by atoms with E-state index in [4.69, 9.17) is 9.47 Å². The van der Waals surface area contributed by atoms with Crippen LogP contribution >= 0.6 is 0 Å². The summed E-state index contributed by atoms with van der Waals surface area (Å²) in [6, 6.07) is 2.23. The third kappa shape index (κ3) is 3.34. The fourth-order valence-electron chi connectivity index (χ4n) is 1.74. The molecule has 1 aliphatic heterocycles. The van der Waals surface area contributed by atoms with Crippen LogP contribution in [-0.2, 0) is 9.47 Å². The Morgan fingerprint density at radius 3 is 2.35 bits per heavy atom. The van der Waals surface area contributed by atoms with Gasteiger partial charge >= 0.3 is 6.09 Å². The minimum absolute atomic E-state index is 0.457. The van der Waals surface area contributed by atoms with Gasteiger partial charge < -0.3 is 9.47 Å². The quantitative estimate of drug-likeness (QED) is 0.702. The highest BCUT2D eigenvalue weighted by molar-refractivity contribution is 5.69. The summed E-state index contributed by atoms with van der Waals surface area (Å²) >= 11 is 0. The predicted molar refractivity (Wildman–Crippen MR) is 62.4 cm³/mol. The first-order valence-corrected chi connectivity index (χ1v) is 5.76. The number of carbonyl (C=O) groups excluding carboxylic acids is 1. The van der Waals surface area contributed by atoms with Crippen molar-refractivity contribution in [3.8, 4) is 6.07 Å². The SMILES string of the molecule is CN(C(=O)OC(C)(C)C)C1(C#N)CCOCC1. The zero-order valence-corrected chi connectivity index (χ0v) is 10.9. The molecule has 0 aromatic heterocycles. The molecule has 1 heterocycles. The van der Waals surface area contributed by atoms with Gasteiger partial charge in [0.05, 0.1) is 6.07 Å². The van der Waals surface area contributed by atoms with Crippen LogP contribution in [0.5, 0.6) is 0 Å². The maximum absolute atomic E-state index is 11.9. The molecule has 1 aliphatic rings. The molecule has 0 unspecified atom stereocenters. The highest BCUT2D eigenvalue weighted by Gasteiger charge is 2.41. The topological polar surface area (TPSA) is 62.6 Å². The van der Waals surface area contributed by atoms with E-state index in [-0.39, 0.29) is 0 Å². The second-order valence-electron chi connectivity index (χ2n) is 5.30. The van der Waals surface area contributed by atoms with Crippen molar-refractivity contribution in [3.63, 3.8) is 0 Å². The molecule has 0 bridgehead atoms. The summed E-state index contributed by atoms with van der Waals surface area (Å²) in [7, 11) is 1.61. The van der Waals surface area contributed by atoms with Gasteiger partial charge in [-0.3, -0.25) is 4.90 Å². The molecule has 5 nitrogen and oxygen atoms in total. The fraction of sp³-hybridized carbons (Fsp3) is 0.833. The second kappa shape index (κ2) is 4.92. The lowest BCUT2D eigenvalue weighted by Gasteiger charge is -2.39. The Morgan fingerprint density at radius 2 is 1.94 bits per heavy atom. The van der Waals surface area contributed by atoms with E-state index in [1.807, 2.05) is 20.8 Å². The molecule has 1 amide bonds. The van der Waals surface area contributed by atoms with Crippen molar-refractivity contribution in [2.45, 2.75) is 44.8 Å². The summed E-state index contributed by atoms with van der Waals surface area (Å²) in [5.41, 5.74) is -1.34. The van der Waals surface area contributed by atoms with Crippen LogP contribution < -0.4 is 0 Å². The molecule has 0 N–H and O–H groups in total. The Bertz CT molecular complexity index is 322. The third-order valence-corrected chi connectivity index (χ3v) is 2.84. The van der Waals surface area contributed by atoms with Crippen LogP contribution in [0.4, 0.5) is 4.79 Å². The average molecular weight is 240 g/mol. The molecule has 0 aromatic rings. The van der Waals surface area contributed by atoms with Crippen molar-refractivity contribution in [3.05, 3.63) is 0 Å². The van der Waals surface area contributed by atoms with E-state index in [1.54, 1.807) is 7.05 Å². The monoisotopic (exact) mass is 240 g/mol. The van der Waals surface area contributed by atoms with Crippen LogP contribution in [0.2, 0.25) is 0 Å². The van der Waals surface area contributed by atoms with Gasteiger partial charge in [-0.25, -0.2) is 4.79 Å². The standard InChI is InChI=1S/C12H20N2O3/c1-11(2,3)17-10(15)14(4)12(9-13)5-7-16-8-6-12/h5-8H2,1-4H3. The smallest absolute Gasteiger partial charge is 0.411 e. The summed E-state index contributed by atoms with van der Waals surface area (Å²) in [5.74, 6) is 0. The summed E-state index contributed by atoms with van der Waals surface area (Å²) in [6.07, 6.45) is 0.597. The number of nitrogens with zero attached hydrogens (tertiary/aromatic N) is 2. The summed E-state index contributed by atoms with van der Waals surface area (Å²) < 4.78 is 10.5. The van der Waals surface area contributed by atoms with Crippen LogP contribution in [0.3, 0.4) is 0 Å². The molecule has 0 radical (unpaired) electrons. The van der Waals surface area contributed by atoms with E-state index in [0.717, 1.165) is 0 Å². The Labute approximate surface area is 102 Å². The van der Waals surface area contributed by atoms with Gasteiger partial charge in [0.25, 0.3) is 0 Å². The molecular formula is C12H20N2O3. The van der Waals surface area contributed by atoms with Gasteiger partial charge in [0.2, 0.25) is 0 Å². The maximum atomic E-state index is 11.9. The molecule has 17 heavy (non-hydrogen) atoms. The van der Waals surface area contributed by atoms with Crippen LogP contribution in [0, 0.1) is 11.3 Å². The highest BCUT2D eigenvalue weighted by atomic mass is 16.6. The van der Waals surface area contributed by atoms with Crippen LogP contribution in [0.15, 0.2) is 0 Å². The Hall–Kier alpha value is -1.28. The number of amides is 1. The van der Waals surface area contributed by atoms with E-state index in [1.165, 1.54) is 4.90 Å². The first-order valence-electron chi connectivity index (χ1n) is 5.76. The van der Waals surface area contributed by atoms with Gasteiger partial charge in [-0.2, -0.15) is 5.26 Å². The van der Waals surface area contributed by atoms with Gasteiger partial charge in [0.1, 0.15) is 11.1 Å². The van der Waals surface area contributed by atoms with Crippen molar-refractivity contribution in [2.75, 3.05) is 20.3 Å². The largest absolute Gasteiger partial charge is 0.444 e. The summed E-state index contributed by atoms with van der Waals surface area (Å²) in [6.45, 7) is 6.42. The molecule has 1 saturated heterocycles. The maximum Gasteiger partial charge on any atom is 0.411 e. The second-order valence-corrected chi connectivity index (χ2v) is 5.30. The normalized spacial score (nSPS) is 19.2. The van der Waals surface area contributed by atoms with Crippen molar-refractivity contribution in [1.29, 1.82) is 5.26 Å². The summed E-state index contributed by atoms with van der Waals surface area (Å²) in [4.78, 5) is 13.3. The lowest BCUT2D eigenvalue weighted by atomic mass is 9.90. The molecule has 5 heteroatoms. The van der Waals surface area contributed by atoms with Crippen molar-refractivity contribution in [1.82, 2.24) is 4.90 Å². The minimum atomic E-state index is -0.791. The fourth-order valence-corrected chi connectivity index (χ4v) is 1.74. The number of hydrogen-bond acceptors (Lipinski definition) is 4. The van der Waals surface area contributed by atoms with Gasteiger partial charge in [-0.1, -0.05) is 0 Å². The predicted octanol–water partition coefficient (Wildman–Crippen LogP) is 1.93.